The number of benzene rings is 2. The van der Waals surface area contributed by atoms with E-state index in [4.69, 9.17) is 27.9 Å². The molecule has 0 saturated carbocycles. The van der Waals surface area contributed by atoms with Crippen molar-refractivity contribution >= 4 is 44.8 Å². The minimum absolute atomic E-state index is 0.0734. The summed E-state index contributed by atoms with van der Waals surface area (Å²) in [6.07, 6.45) is -0.965. The van der Waals surface area contributed by atoms with Gasteiger partial charge in [-0.05, 0) is 36.8 Å². The van der Waals surface area contributed by atoms with Crippen LogP contribution in [-0.4, -0.2) is 32.7 Å². The van der Waals surface area contributed by atoms with Crippen LogP contribution in [0.5, 0.6) is 5.75 Å². The highest BCUT2D eigenvalue weighted by atomic mass is 35.5. The van der Waals surface area contributed by atoms with Gasteiger partial charge < -0.3 is 10.1 Å². The zero-order chi connectivity index (χ0) is 19.6. The van der Waals surface area contributed by atoms with E-state index in [1.54, 1.807) is 49.4 Å². The second-order valence-electron chi connectivity index (χ2n) is 5.96. The summed E-state index contributed by atoms with van der Waals surface area (Å²) in [5.74, 6) is -0.145. The van der Waals surface area contributed by atoms with Crippen LogP contribution in [0.1, 0.15) is 12.5 Å². The summed E-state index contributed by atoms with van der Waals surface area (Å²) in [5, 5.41) is 3.68. The number of sulfonamides is 1. The number of amides is 1. The van der Waals surface area contributed by atoms with Crippen LogP contribution in [0.4, 0.5) is 5.69 Å². The Bertz CT molecular complexity index is 966. The van der Waals surface area contributed by atoms with E-state index in [-0.39, 0.29) is 18.8 Å². The van der Waals surface area contributed by atoms with Crippen molar-refractivity contribution in [3.05, 3.63) is 58.1 Å². The summed E-state index contributed by atoms with van der Waals surface area (Å²) in [4.78, 5) is 12.6. The molecule has 0 spiro atoms. The number of ether oxygens (including phenoxy) is 1. The molecule has 2 aromatic carbocycles. The molecule has 0 radical (unpaired) electrons. The minimum atomic E-state index is -3.54. The molecule has 1 aliphatic heterocycles. The first kappa shape index (κ1) is 19.8. The van der Waals surface area contributed by atoms with Crippen LogP contribution in [0.25, 0.3) is 0 Å². The van der Waals surface area contributed by atoms with E-state index in [0.29, 0.717) is 27.0 Å². The molecule has 144 valence electrons. The Morgan fingerprint density at radius 2 is 2.00 bits per heavy atom. The average Bonchev–Trinajstić information content (AvgIpc) is 2.66. The van der Waals surface area contributed by atoms with Crippen molar-refractivity contribution in [3.63, 3.8) is 0 Å². The van der Waals surface area contributed by atoms with Crippen molar-refractivity contribution in [2.45, 2.75) is 19.6 Å². The Balaban J connectivity index is 1.78. The summed E-state index contributed by atoms with van der Waals surface area (Å²) < 4.78 is 31.9. The zero-order valence-electron chi connectivity index (χ0n) is 14.5. The largest absolute Gasteiger partial charge is 0.476 e. The van der Waals surface area contributed by atoms with Gasteiger partial charge in [-0.1, -0.05) is 41.4 Å². The van der Waals surface area contributed by atoms with Crippen LogP contribution in [0.3, 0.4) is 0 Å². The minimum Gasteiger partial charge on any atom is -0.476 e. The molecular formula is C18H18Cl2N2O4S. The SMILES string of the molecule is CCS(=O)(=O)N1CC(C(=O)NCc2ccc(Cl)cc2Cl)Oc2ccccc21. The van der Waals surface area contributed by atoms with Crippen molar-refractivity contribution in [1.29, 1.82) is 0 Å². The first-order valence-corrected chi connectivity index (χ1v) is 10.7. The molecule has 1 amide bonds. The molecule has 1 atom stereocenters. The van der Waals surface area contributed by atoms with E-state index < -0.39 is 22.0 Å². The van der Waals surface area contributed by atoms with Gasteiger partial charge in [-0.2, -0.15) is 0 Å². The van der Waals surface area contributed by atoms with Gasteiger partial charge in [0.1, 0.15) is 5.75 Å². The van der Waals surface area contributed by atoms with Gasteiger partial charge in [-0.3, -0.25) is 9.10 Å². The molecule has 0 bridgehead atoms. The fraction of sp³-hybridized carbons (Fsp3) is 0.278. The smallest absolute Gasteiger partial charge is 0.263 e. The molecule has 1 heterocycles. The van der Waals surface area contributed by atoms with E-state index in [1.807, 2.05) is 0 Å². The first-order valence-electron chi connectivity index (χ1n) is 8.29. The topological polar surface area (TPSA) is 75.7 Å². The second-order valence-corrected chi connectivity index (χ2v) is 8.99. The van der Waals surface area contributed by atoms with Gasteiger partial charge in [-0.15, -0.1) is 0 Å². The van der Waals surface area contributed by atoms with Gasteiger partial charge in [0.15, 0.2) is 6.10 Å². The molecular weight excluding hydrogens is 411 g/mol. The molecule has 0 aliphatic carbocycles. The normalized spacial score (nSPS) is 16.4. The molecule has 0 saturated heterocycles. The third kappa shape index (κ3) is 4.31. The van der Waals surface area contributed by atoms with E-state index >= 15 is 0 Å². The van der Waals surface area contributed by atoms with Gasteiger partial charge in [0, 0.05) is 16.6 Å². The number of fused-ring (bicyclic) bond motifs is 1. The molecule has 1 unspecified atom stereocenters. The predicted octanol–water partition coefficient (Wildman–Crippen LogP) is 3.23. The Kier molecular flexibility index (Phi) is 5.83. The Labute approximate surface area is 168 Å². The number of carbonyl (C=O) groups is 1. The maximum absolute atomic E-state index is 12.6. The highest BCUT2D eigenvalue weighted by Crippen LogP contribution is 2.35. The van der Waals surface area contributed by atoms with Crippen molar-refractivity contribution in [1.82, 2.24) is 5.32 Å². The van der Waals surface area contributed by atoms with Crippen LogP contribution >= 0.6 is 23.2 Å². The lowest BCUT2D eigenvalue weighted by molar-refractivity contribution is -0.127. The third-order valence-electron chi connectivity index (χ3n) is 4.20. The number of para-hydroxylation sites is 2. The fourth-order valence-electron chi connectivity index (χ4n) is 2.72. The quantitative estimate of drug-likeness (QED) is 0.792. The van der Waals surface area contributed by atoms with Crippen molar-refractivity contribution in [2.24, 2.45) is 0 Å². The monoisotopic (exact) mass is 428 g/mol. The standard InChI is InChI=1S/C18H18Cl2N2O4S/c1-2-27(24,25)22-11-17(26-16-6-4-3-5-15(16)22)18(23)21-10-12-7-8-13(19)9-14(12)20/h3-9,17H,2,10-11H2,1H3,(H,21,23). The molecule has 9 heteroatoms. The molecule has 27 heavy (non-hydrogen) atoms. The third-order valence-corrected chi connectivity index (χ3v) is 6.53. The van der Waals surface area contributed by atoms with E-state index in [2.05, 4.69) is 5.32 Å². The number of nitrogens with zero attached hydrogens (tertiary/aromatic N) is 1. The summed E-state index contributed by atoms with van der Waals surface area (Å²) in [6, 6.07) is 11.7. The summed E-state index contributed by atoms with van der Waals surface area (Å²) in [7, 11) is -3.54. The maximum Gasteiger partial charge on any atom is 0.263 e. The molecule has 0 aromatic heterocycles. The number of hydrogen-bond donors (Lipinski definition) is 1. The van der Waals surface area contributed by atoms with Gasteiger partial charge in [0.05, 0.1) is 18.0 Å². The first-order chi connectivity index (χ1) is 12.8. The van der Waals surface area contributed by atoms with Crippen LogP contribution in [-0.2, 0) is 21.4 Å². The van der Waals surface area contributed by atoms with Gasteiger partial charge >= 0.3 is 0 Å². The maximum atomic E-state index is 12.6. The van der Waals surface area contributed by atoms with Gasteiger partial charge in [0.25, 0.3) is 5.91 Å². The summed E-state index contributed by atoms with van der Waals surface area (Å²) in [6.45, 7) is 1.65. The number of halogens is 2. The van der Waals surface area contributed by atoms with Gasteiger partial charge in [0.2, 0.25) is 10.0 Å². The number of rotatable bonds is 5. The lowest BCUT2D eigenvalue weighted by atomic mass is 10.2. The van der Waals surface area contributed by atoms with Crippen molar-refractivity contribution in [3.8, 4) is 5.75 Å². The van der Waals surface area contributed by atoms with Crippen LogP contribution in [0, 0.1) is 0 Å². The molecule has 2 aromatic rings. The fourth-order valence-corrected chi connectivity index (χ4v) is 4.32. The van der Waals surface area contributed by atoms with Crippen LogP contribution < -0.4 is 14.4 Å². The van der Waals surface area contributed by atoms with Gasteiger partial charge in [-0.25, -0.2) is 8.42 Å². The van der Waals surface area contributed by atoms with Crippen molar-refractivity contribution < 1.29 is 17.9 Å². The highest BCUT2D eigenvalue weighted by molar-refractivity contribution is 7.92. The molecule has 1 aliphatic rings. The van der Waals surface area contributed by atoms with E-state index in [1.165, 1.54) is 4.31 Å². The van der Waals surface area contributed by atoms with E-state index in [9.17, 15) is 13.2 Å². The van der Waals surface area contributed by atoms with Crippen LogP contribution in [0.15, 0.2) is 42.5 Å². The lowest BCUT2D eigenvalue weighted by Crippen LogP contribution is -2.50. The number of anilines is 1. The Morgan fingerprint density at radius 3 is 2.70 bits per heavy atom. The molecule has 6 nitrogen and oxygen atoms in total. The number of nitrogens with one attached hydrogen (secondary N) is 1. The number of hydrogen-bond acceptors (Lipinski definition) is 4. The Morgan fingerprint density at radius 1 is 1.26 bits per heavy atom. The van der Waals surface area contributed by atoms with E-state index in [0.717, 1.165) is 0 Å². The van der Waals surface area contributed by atoms with Crippen molar-refractivity contribution in [2.75, 3.05) is 16.6 Å². The predicted molar refractivity (Wildman–Crippen MR) is 106 cm³/mol. The molecule has 3 rings (SSSR count). The second kappa shape index (κ2) is 7.96. The lowest BCUT2D eigenvalue weighted by Gasteiger charge is -2.34. The zero-order valence-corrected chi connectivity index (χ0v) is 16.8. The summed E-state index contributed by atoms with van der Waals surface area (Å²) >= 11 is 12.0. The summed E-state index contributed by atoms with van der Waals surface area (Å²) in [5.41, 5.74) is 1.13. The van der Waals surface area contributed by atoms with Crippen LogP contribution in [0.2, 0.25) is 10.0 Å². The number of carbonyl (C=O) groups excluding carboxylic acids is 1. The molecule has 0 fully saturated rings. The Hall–Kier alpha value is -1.96. The highest BCUT2D eigenvalue weighted by Gasteiger charge is 2.35. The molecule has 1 N–H and O–H groups in total. The average molecular weight is 429 g/mol.